The van der Waals surface area contributed by atoms with E-state index in [2.05, 4.69) is 15.6 Å². The zero-order valence-corrected chi connectivity index (χ0v) is 18.4. The van der Waals surface area contributed by atoms with Gasteiger partial charge in [-0.25, -0.2) is 18.6 Å². The molecule has 1 aromatic heterocycles. The summed E-state index contributed by atoms with van der Waals surface area (Å²) in [6.45, 7) is 5.44. The van der Waals surface area contributed by atoms with Crippen LogP contribution >= 0.6 is 11.3 Å². The van der Waals surface area contributed by atoms with Crippen molar-refractivity contribution >= 4 is 34.2 Å². The third kappa shape index (κ3) is 5.90. The fourth-order valence-corrected chi connectivity index (χ4v) is 4.32. The van der Waals surface area contributed by atoms with Gasteiger partial charge in [0.05, 0.1) is 5.56 Å². The van der Waals surface area contributed by atoms with E-state index in [-0.39, 0.29) is 22.8 Å². The minimum atomic E-state index is -0.942. The summed E-state index contributed by atoms with van der Waals surface area (Å²) < 4.78 is 33.2. The van der Waals surface area contributed by atoms with Gasteiger partial charge in [-0.05, 0) is 58.6 Å². The van der Waals surface area contributed by atoms with Gasteiger partial charge in [-0.3, -0.25) is 4.79 Å². The number of nitrogens with two attached hydrogens (primary N) is 1. The molecule has 2 aromatic rings. The van der Waals surface area contributed by atoms with E-state index in [4.69, 9.17) is 10.5 Å². The Morgan fingerprint density at radius 3 is 2.29 bits per heavy atom. The third-order valence-electron chi connectivity index (χ3n) is 4.83. The van der Waals surface area contributed by atoms with Crippen LogP contribution in [0.2, 0.25) is 0 Å². The zero-order chi connectivity index (χ0) is 22.8. The number of aromatic nitrogens is 1. The molecule has 0 radical (unpaired) electrons. The van der Waals surface area contributed by atoms with Crippen LogP contribution in [0, 0.1) is 11.6 Å². The first-order chi connectivity index (χ1) is 14.5. The molecule has 1 aliphatic carbocycles. The van der Waals surface area contributed by atoms with E-state index < -0.39 is 34.7 Å². The number of anilines is 2. The van der Waals surface area contributed by atoms with Crippen molar-refractivity contribution in [1.82, 2.24) is 10.3 Å². The molecule has 0 bridgehead atoms. The average Bonchev–Trinajstić information content (AvgIpc) is 3.01. The van der Waals surface area contributed by atoms with Gasteiger partial charge in [0.2, 0.25) is 5.78 Å². The molecule has 0 aliphatic heterocycles. The van der Waals surface area contributed by atoms with Crippen LogP contribution in [-0.2, 0) is 4.74 Å². The molecule has 7 nitrogen and oxygen atoms in total. The van der Waals surface area contributed by atoms with Crippen LogP contribution in [0.5, 0.6) is 0 Å². The first-order valence-corrected chi connectivity index (χ1v) is 10.9. The fraction of sp³-hybridized carbons (Fsp3) is 0.476. The summed E-state index contributed by atoms with van der Waals surface area (Å²) in [6.07, 6.45) is 2.62. The number of alkyl carbamates (subject to hydrolysis) is 1. The van der Waals surface area contributed by atoms with Crippen molar-refractivity contribution in [2.75, 3.05) is 11.1 Å². The maximum absolute atomic E-state index is 13.9. The van der Waals surface area contributed by atoms with Crippen molar-refractivity contribution in [2.24, 2.45) is 0 Å². The van der Waals surface area contributed by atoms with Crippen molar-refractivity contribution < 1.29 is 23.1 Å². The molecule has 1 amide bonds. The molecule has 1 saturated carbocycles. The van der Waals surface area contributed by atoms with E-state index in [1.165, 1.54) is 6.07 Å². The second-order valence-electron chi connectivity index (χ2n) is 8.50. The number of benzene rings is 1. The number of hydrogen-bond acceptors (Lipinski definition) is 7. The van der Waals surface area contributed by atoms with Gasteiger partial charge in [-0.1, -0.05) is 17.4 Å². The molecule has 0 spiro atoms. The number of rotatable bonds is 5. The second kappa shape index (κ2) is 9.17. The first-order valence-electron chi connectivity index (χ1n) is 10.0. The number of nitrogens with zero attached hydrogens (tertiary/aromatic N) is 1. The number of amides is 1. The molecule has 10 heteroatoms. The van der Waals surface area contributed by atoms with Crippen LogP contribution in [0.15, 0.2) is 18.2 Å². The Morgan fingerprint density at radius 2 is 1.71 bits per heavy atom. The Hall–Kier alpha value is -2.75. The lowest BCUT2D eigenvalue weighted by Gasteiger charge is -2.30. The van der Waals surface area contributed by atoms with E-state index >= 15 is 0 Å². The summed E-state index contributed by atoms with van der Waals surface area (Å²) in [7, 11) is 0. The largest absolute Gasteiger partial charge is 0.444 e. The van der Waals surface area contributed by atoms with Gasteiger partial charge in [-0.2, -0.15) is 0 Å². The molecule has 1 heterocycles. The summed E-state index contributed by atoms with van der Waals surface area (Å²) in [5, 5.41) is 6.53. The Bertz CT molecular complexity index is 946. The van der Waals surface area contributed by atoms with Crippen LogP contribution in [0.25, 0.3) is 0 Å². The molecule has 0 atom stereocenters. The summed E-state index contributed by atoms with van der Waals surface area (Å²) in [5.74, 6) is -2.78. The highest BCUT2D eigenvalue weighted by molar-refractivity contribution is 7.18. The van der Waals surface area contributed by atoms with Crippen LogP contribution in [0.4, 0.5) is 24.5 Å². The second-order valence-corrected chi connectivity index (χ2v) is 9.50. The van der Waals surface area contributed by atoms with Crippen molar-refractivity contribution in [3.05, 3.63) is 40.3 Å². The van der Waals surface area contributed by atoms with Gasteiger partial charge in [0, 0.05) is 12.1 Å². The highest BCUT2D eigenvalue weighted by Gasteiger charge is 2.27. The molecular weight excluding hydrogens is 426 g/mol. The molecule has 0 unspecified atom stereocenters. The van der Waals surface area contributed by atoms with E-state index in [9.17, 15) is 18.4 Å². The van der Waals surface area contributed by atoms with Gasteiger partial charge >= 0.3 is 6.09 Å². The van der Waals surface area contributed by atoms with Crippen molar-refractivity contribution in [3.63, 3.8) is 0 Å². The zero-order valence-electron chi connectivity index (χ0n) is 17.6. The van der Waals surface area contributed by atoms with E-state index in [1.54, 1.807) is 0 Å². The molecule has 1 fully saturated rings. The number of halogens is 2. The smallest absolute Gasteiger partial charge is 0.407 e. The molecule has 1 aromatic carbocycles. The van der Waals surface area contributed by atoms with Gasteiger partial charge < -0.3 is 21.1 Å². The molecule has 4 N–H and O–H groups in total. The summed E-state index contributed by atoms with van der Waals surface area (Å²) >= 11 is 0.971. The topological polar surface area (TPSA) is 106 Å². The Morgan fingerprint density at radius 1 is 1.13 bits per heavy atom. The minimum absolute atomic E-state index is 0.00761. The van der Waals surface area contributed by atoms with Gasteiger partial charge in [-0.15, -0.1) is 0 Å². The van der Waals surface area contributed by atoms with Crippen molar-refractivity contribution in [1.29, 1.82) is 0 Å². The Labute approximate surface area is 183 Å². The standard InChI is InChI=1S/C21H26F2N4O3S/c1-21(2,3)30-20(29)26-12-9-7-11(8-10-12)25-19-27-18(24)17(31-19)16(28)15-13(22)5-4-6-14(15)23/h4-6,11-12H,7-10,24H2,1-3H3,(H,25,27)(H,26,29)/t11-,12+. The van der Waals surface area contributed by atoms with Crippen LogP contribution in [0.1, 0.15) is 61.7 Å². The predicted molar refractivity (Wildman–Crippen MR) is 115 cm³/mol. The number of carbonyl (C=O) groups excluding carboxylic acids is 2. The van der Waals surface area contributed by atoms with Crippen LogP contribution in [-0.4, -0.2) is 34.5 Å². The highest BCUT2D eigenvalue weighted by Crippen LogP contribution is 2.31. The molecule has 0 saturated heterocycles. The lowest BCUT2D eigenvalue weighted by Crippen LogP contribution is -2.42. The normalized spacial score (nSPS) is 19.0. The van der Waals surface area contributed by atoms with E-state index in [1.807, 2.05) is 20.8 Å². The van der Waals surface area contributed by atoms with Crippen molar-refractivity contribution in [2.45, 2.75) is 64.1 Å². The SMILES string of the molecule is CC(C)(C)OC(=O)N[C@H]1CC[C@@H](Nc2nc(N)c(C(=O)c3c(F)cccc3F)s2)CC1. The first kappa shape index (κ1) is 22.9. The number of hydrogen-bond donors (Lipinski definition) is 3. The van der Waals surface area contributed by atoms with Gasteiger partial charge in [0.25, 0.3) is 0 Å². The number of carbonyl (C=O) groups is 2. The van der Waals surface area contributed by atoms with Crippen molar-refractivity contribution in [3.8, 4) is 0 Å². The Balaban J connectivity index is 1.58. The van der Waals surface area contributed by atoms with E-state index in [0.717, 1.165) is 49.2 Å². The highest BCUT2D eigenvalue weighted by atomic mass is 32.1. The number of thiazole rings is 1. The maximum Gasteiger partial charge on any atom is 0.407 e. The number of ether oxygens (including phenoxy) is 1. The quantitative estimate of drug-likeness (QED) is 0.578. The summed E-state index contributed by atoms with van der Waals surface area (Å²) in [5.41, 5.74) is 4.66. The van der Waals surface area contributed by atoms with E-state index in [0.29, 0.717) is 5.13 Å². The maximum atomic E-state index is 13.9. The monoisotopic (exact) mass is 452 g/mol. The molecule has 1 aliphatic rings. The number of nitrogens with one attached hydrogen (secondary N) is 2. The third-order valence-corrected chi connectivity index (χ3v) is 5.83. The number of nitrogen functional groups attached to an aromatic ring is 1. The minimum Gasteiger partial charge on any atom is -0.444 e. The summed E-state index contributed by atoms with van der Waals surface area (Å²) in [4.78, 5) is 28.6. The average molecular weight is 453 g/mol. The molecule has 168 valence electrons. The van der Waals surface area contributed by atoms with Gasteiger partial charge in [0.15, 0.2) is 5.13 Å². The molecule has 31 heavy (non-hydrogen) atoms. The Kier molecular flexibility index (Phi) is 6.78. The number of ketones is 1. The summed E-state index contributed by atoms with van der Waals surface area (Å²) in [6, 6.07) is 3.34. The lowest BCUT2D eigenvalue weighted by atomic mass is 9.91. The van der Waals surface area contributed by atoms with Crippen LogP contribution < -0.4 is 16.4 Å². The lowest BCUT2D eigenvalue weighted by molar-refractivity contribution is 0.0492. The van der Waals surface area contributed by atoms with Crippen LogP contribution in [0.3, 0.4) is 0 Å². The predicted octanol–water partition coefficient (Wildman–Crippen LogP) is 4.48. The molecular formula is C21H26F2N4O3S. The van der Waals surface area contributed by atoms with Gasteiger partial charge in [0.1, 0.15) is 27.9 Å². The fourth-order valence-electron chi connectivity index (χ4n) is 3.42. The molecule has 3 rings (SSSR count).